The Kier molecular flexibility index (Phi) is 7.62. The van der Waals surface area contributed by atoms with Gasteiger partial charge in [0.15, 0.2) is 6.17 Å². The first-order valence-electron chi connectivity index (χ1n) is 9.47. The Hall–Kier alpha value is -1.73. The topological polar surface area (TPSA) is 79.5 Å². The van der Waals surface area contributed by atoms with Crippen LogP contribution >= 0.6 is 27.5 Å². The number of carbonyl (C=O) groups is 1. The van der Waals surface area contributed by atoms with E-state index in [2.05, 4.69) is 26.6 Å². The molecule has 0 bridgehead atoms. The second-order valence-electron chi connectivity index (χ2n) is 6.70. The van der Waals surface area contributed by atoms with Crippen LogP contribution in [0.25, 0.3) is 0 Å². The lowest BCUT2D eigenvalue weighted by Crippen LogP contribution is -2.39. The normalized spacial score (nSPS) is 16.2. The zero-order valence-electron chi connectivity index (χ0n) is 15.6. The molecule has 0 aliphatic carbocycles. The zero-order valence-corrected chi connectivity index (χ0v) is 17.9. The number of benzene rings is 2. The van der Waals surface area contributed by atoms with Crippen LogP contribution < -0.4 is 16.4 Å². The predicted molar refractivity (Wildman–Crippen MR) is 119 cm³/mol. The number of carbonyl (C=O) groups excluding carboxylic acids is 1. The standard InChI is InChI=1S/C21H24BrClN4O/c22-14-9-10-18-16(13-14)19(15-7-3-4-8-17(15)23)27-20(21(28)26-18)25-12-6-2-1-5-11-24/h3-4,7-10,13,20,25H,1-2,5-6,11-12,24H2,(H,26,28). The van der Waals surface area contributed by atoms with Crippen LogP contribution in [0.15, 0.2) is 51.9 Å². The van der Waals surface area contributed by atoms with Crippen LogP contribution in [0, 0.1) is 0 Å². The highest BCUT2D eigenvalue weighted by molar-refractivity contribution is 9.10. The van der Waals surface area contributed by atoms with Crippen molar-refractivity contribution >= 4 is 44.8 Å². The van der Waals surface area contributed by atoms with E-state index in [1.165, 1.54) is 0 Å². The summed E-state index contributed by atoms with van der Waals surface area (Å²) in [5, 5.41) is 6.85. The highest BCUT2D eigenvalue weighted by atomic mass is 79.9. The van der Waals surface area contributed by atoms with Crippen molar-refractivity contribution in [1.29, 1.82) is 0 Å². The van der Waals surface area contributed by atoms with E-state index in [-0.39, 0.29) is 5.91 Å². The maximum atomic E-state index is 12.7. The van der Waals surface area contributed by atoms with Crippen LogP contribution in [0.5, 0.6) is 0 Å². The van der Waals surface area contributed by atoms with Crippen molar-refractivity contribution in [3.63, 3.8) is 0 Å². The van der Waals surface area contributed by atoms with Gasteiger partial charge in [0.2, 0.25) is 0 Å². The number of rotatable bonds is 8. The number of fused-ring (bicyclic) bond motifs is 1. The average Bonchev–Trinajstić information content (AvgIpc) is 2.81. The summed E-state index contributed by atoms with van der Waals surface area (Å²) >= 11 is 9.96. The molecule has 0 radical (unpaired) electrons. The van der Waals surface area contributed by atoms with Gasteiger partial charge in [-0.25, -0.2) is 0 Å². The Bertz CT molecular complexity index is 871. The fourth-order valence-electron chi connectivity index (χ4n) is 3.15. The summed E-state index contributed by atoms with van der Waals surface area (Å²) in [6, 6.07) is 13.3. The van der Waals surface area contributed by atoms with Gasteiger partial charge in [0.25, 0.3) is 5.91 Å². The molecule has 0 fully saturated rings. The predicted octanol–water partition coefficient (Wildman–Crippen LogP) is 4.33. The summed E-state index contributed by atoms with van der Waals surface area (Å²) < 4.78 is 0.909. The van der Waals surface area contributed by atoms with Gasteiger partial charge < -0.3 is 11.1 Å². The molecule has 7 heteroatoms. The summed E-state index contributed by atoms with van der Waals surface area (Å²) in [6.07, 6.45) is 3.50. The van der Waals surface area contributed by atoms with Crippen molar-refractivity contribution in [2.24, 2.45) is 10.7 Å². The van der Waals surface area contributed by atoms with Crippen LogP contribution in [0.1, 0.15) is 36.8 Å². The third kappa shape index (κ3) is 5.20. The number of anilines is 1. The number of nitrogens with zero attached hydrogens (tertiary/aromatic N) is 1. The monoisotopic (exact) mass is 462 g/mol. The number of hydrogen-bond donors (Lipinski definition) is 3. The number of benzodiazepines with no additional fused rings is 1. The number of aliphatic imine (C=N–C) groups is 1. The van der Waals surface area contributed by atoms with Crippen molar-refractivity contribution in [3.8, 4) is 0 Å². The van der Waals surface area contributed by atoms with Gasteiger partial charge in [-0.2, -0.15) is 0 Å². The van der Waals surface area contributed by atoms with E-state index in [1.807, 2.05) is 42.5 Å². The smallest absolute Gasteiger partial charge is 0.263 e. The van der Waals surface area contributed by atoms with E-state index in [1.54, 1.807) is 0 Å². The quantitative estimate of drug-likeness (QED) is 0.510. The van der Waals surface area contributed by atoms with Crippen LogP contribution in [0.4, 0.5) is 5.69 Å². The van der Waals surface area contributed by atoms with Gasteiger partial charge in [-0.15, -0.1) is 0 Å². The molecule has 1 heterocycles. The Morgan fingerprint density at radius 3 is 2.68 bits per heavy atom. The molecule has 1 aliphatic heterocycles. The summed E-state index contributed by atoms with van der Waals surface area (Å²) in [6.45, 7) is 1.43. The van der Waals surface area contributed by atoms with Crippen LogP contribution in [-0.2, 0) is 4.79 Å². The van der Waals surface area contributed by atoms with Gasteiger partial charge in [-0.05, 0) is 50.2 Å². The number of nitrogens with two attached hydrogens (primary N) is 1. The summed E-state index contributed by atoms with van der Waals surface area (Å²) in [7, 11) is 0. The van der Waals surface area contributed by atoms with Crippen molar-refractivity contribution in [2.75, 3.05) is 18.4 Å². The molecule has 1 unspecified atom stereocenters. The molecule has 0 spiro atoms. The lowest BCUT2D eigenvalue weighted by molar-refractivity contribution is -0.117. The van der Waals surface area contributed by atoms with E-state index in [0.29, 0.717) is 17.3 Å². The summed E-state index contributed by atoms with van der Waals surface area (Å²) in [5.41, 5.74) is 8.58. The first kappa shape index (κ1) is 21.0. The molecule has 1 amide bonds. The minimum atomic E-state index is -0.674. The van der Waals surface area contributed by atoms with Gasteiger partial charge in [0, 0.05) is 20.6 Å². The van der Waals surface area contributed by atoms with Gasteiger partial charge in [0.1, 0.15) is 0 Å². The molecule has 5 nitrogen and oxygen atoms in total. The van der Waals surface area contributed by atoms with Crippen molar-refractivity contribution in [3.05, 3.63) is 63.1 Å². The minimum absolute atomic E-state index is 0.174. The Labute approximate surface area is 178 Å². The Morgan fingerprint density at radius 2 is 1.89 bits per heavy atom. The zero-order chi connectivity index (χ0) is 19.9. The highest BCUT2D eigenvalue weighted by Crippen LogP contribution is 2.29. The van der Waals surface area contributed by atoms with E-state index in [4.69, 9.17) is 22.3 Å². The van der Waals surface area contributed by atoms with Gasteiger partial charge >= 0.3 is 0 Å². The molecule has 0 saturated heterocycles. The first-order chi connectivity index (χ1) is 13.6. The second-order valence-corrected chi connectivity index (χ2v) is 8.02. The fourth-order valence-corrected chi connectivity index (χ4v) is 3.73. The molecular weight excluding hydrogens is 440 g/mol. The maximum absolute atomic E-state index is 12.7. The Balaban J connectivity index is 1.88. The molecule has 2 aromatic carbocycles. The molecule has 3 rings (SSSR count). The second kappa shape index (κ2) is 10.2. The molecule has 0 aromatic heterocycles. The number of amides is 1. The number of nitrogens with one attached hydrogen (secondary N) is 2. The van der Waals surface area contributed by atoms with Crippen LogP contribution in [0.3, 0.4) is 0 Å². The lowest BCUT2D eigenvalue weighted by atomic mass is 10.0. The van der Waals surface area contributed by atoms with E-state index >= 15 is 0 Å². The van der Waals surface area contributed by atoms with E-state index in [0.717, 1.165) is 53.5 Å². The first-order valence-corrected chi connectivity index (χ1v) is 10.6. The fraction of sp³-hybridized carbons (Fsp3) is 0.333. The van der Waals surface area contributed by atoms with Crippen LogP contribution in [-0.4, -0.2) is 30.9 Å². The van der Waals surface area contributed by atoms with Gasteiger partial charge in [-0.1, -0.05) is 58.6 Å². The molecular formula is C21H24BrClN4O. The Morgan fingerprint density at radius 1 is 1.11 bits per heavy atom. The van der Waals surface area contributed by atoms with Gasteiger partial charge in [-0.3, -0.25) is 15.1 Å². The molecule has 148 valence electrons. The molecule has 0 saturated carbocycles. The van der Waals surface area contributed by atoms with Crippen molar-refractivity contribution in [1.82, 2.24) is 5.32 Å². The van der Waals surface area contributed by atoms with E-state index in [9.17, 15) is 4.79 Å². The molecule has 1 atom stereocenters. The van der Waals surface area contributed by atoms with Crippen LogP contribution in [0.2, 0.25) is 5.02 Å². The van der Waals surface area contributed by atoms with Crippen molar-refractivity contribution in [2.45, 2.75) is 31.8 Å². The molecule has 2 aromatic rings. The van der Waals surface area contributed by atoms with E-state index < -0.39 is 6.17 Å². The largest absolute Gasteiger partial charge is 0.330 e. The maximum Gasteiger partial charge on any atom is 0.263 e. The number of hydrogen-bond acceptors (Lipinski definition) is 4. The number of unbranched alkanes of at least 4 members (excludes halogenated alkanes) is 3. The number of halogens is 2. The third-order valence-corrected chi connectivity index (χ3v) is 5.42. The third-order valence-electron chi connectivity index (χ3n) is 4.60. The van der Waals surface area contributed by atoms with Crippen molar-refractivity contribution < 1.29 is 4.79 Å². The highest BCUT2D eigenvalue weighted by Gasteiger charge is 2.26. The SMILES string of the molecule is NCCCCCCNC1N=C(c2ccccc2Cl)c2cc(Br)ccc2NC1=O. The molecule has 1 aliphatic rings. The summed E-state index contributed by atoms with van der Waals surface area (Å²) in [5.74, 6) is -0.174. The van der Waals surface area contributed by atoms with Gasteiger partial charge in [0.05, 0.1) is 11.4 Å². The molecule has 4 N–H and O–H groups in total. The lowest BCUT2D eigenvalue weighted by Gasteiger charge is -2.13. The average molecular weight is 464 g/mol. The minimum Gasteiger partial charge on any atom is -0.330 e. The summed E-state index contributed by atoms with van der Waals surface area (Å²) in [4.78, 5) is 17.5. The molecule has 28 heavy (non-hydrogen) atoms.